The number of piperidine rings is 1. The van der Waals surface area contributed by atoms with E-state index < -0.39 is 15.9 Å². The van der Waals surface area contributed by atoms with Crippen molar-refractivity contribution in [2.75, 3.05) is 26.2 Å². The van der Waals surface area contributed by atoms with E-state index in [1.165, 1.54) is 16.6 Å². The van der Waals surface area contributed by atoms with Crippen LogP contribution in [0.25, 0.3) is 0 Å². The Balaban J connectivity index is 1.40. The van der Waals surface area contributed by atoms with E-state index in [0.29, 0.717) is 39.0 Å². The first-order valence-corrected chi connectivity index (χ1v) is 12.6. The standard InChI is InChI=1S/C23H30N4O4S/c1-17-7-2-3-8-18(17)14-25-22(28)19-9-6-12-27(16-19)32(30,31)20-13-21(24-15-20)23(29)26-10-4-5-11-26/h2-3,7-8,13,15,19,24H,4-6,9-12,14,16H2,1H3,(H,25,28)/t19-/m1/s1. The molecule has 32 heavy (non-hydrogen) atoms. The molecule has 2 amide bonds. The highest BCUT2D eigenvalue weighted by Crippen LogP contribution is 2.25. The van der Waals surface area contributed by atoms with Crippen LogP contribution in [0.3, 0.4) is 0 Å². The summed E-state index contributed by atoms with van der Waals surface area (Å²) in [5.74, 6) is -0.699. The van der Waals surface area contributed by atoms with Crippen LogP contribution in [-0.4, -0.2) is 60.6 Å². The number of aromatic nitrogens is 1. The number of hydrogen-bond acceptors (Lipinski definition) is 4. The number of carbonyl (C=O) groups is 2. The number of hydrogen-bond donors (Lipinski definition) is 2. The summed E-state index contributed by atoms with van der Waals surface area (Å²) in [6.07, 6.45) is 4.58. The van der Waals surface area contributed by atoms with Crippen LogP contribution in [0.2, 0.25) is 0 Å². The molecule has 9 heteroatoms. The van der Waals surface area contributed by atoms with Crippen molar-refractivity contribution in [3.05, 3.63) is 53.3 Å². The largest absolute Gasteiger partial charge is 0.356 e. The molecule has 2 aliphatic heterocycles. The minimum atomic E-state index is -3.79. The molecule has 2 fully saturated rings. The minimum Gasteiger partial charge on any atom is -0.356 e. The lowest BCUT2D eigenvalue weighted by molar-refractivity contribution is -0.126. The molecule has 4 rings (SSSR count). The number of amides is 2. The molecule has 3 heterocycles. The summed E-state index contributed by atoms with van der Waals surface area (Å²) in [7, 11) is -3.79. The van der Waals surface area contributed by atoms with Crippen LogP contribution >= 0.6 is 0 Å². The second kappa shape index (κ2) is 9.46. The van der Waals surface area contributed by atoms with Crippen LogP contribution in [0.1, 0.15) is 47.3 Å². The van der Waals surface area contributed by atoms with Crippen molar-refractivity contribution in [3.63, 3.8) is 0 Å². The van der Waals surface area contributed by atoms with Crippen LogP contribution in [0.5, 0.6) is 0 Å². The summed E-state index contributed by atoms with van der Waals surface area (Å²) < 4.78 is 27.7. The van der Waals surface area contributed by atoms with E-state index in [9.17, 15) is 18.0 Å². The van der Waals surface area contributed by atoms with Gasteiger partial charge in [-0.15, -0.1) is 0 Å². The number of nitrogens with zero attached hydrogens (tertiary/aromatic N) is 2. The fraction of sp³-hybridized carbons (Fsp3) is 0.478. The number of likely N-dealkylation sites (tertiary alicyclic amines) is 1. The molecule has 2 N–H and O–H groups in total. The van der Waals surface area contributed by atoms with E-state index in [2.05, 4.69) is 10.3 Å². The summed E-state index contributed by atoms with van der Waals surface area (Å²) in [5, 5.41) is 2.95. The zero-order chi connectivity index (χ0) is 22.7. The Morgan fingerprint density at radius 1 is 1.12 bits per heavy atom. The summed E-state index contributed by atoms with van der Waals surface area (Å²) in [5.41, 5.74) is 2.44. The maximum Gasteiger partial charge on any atom is 0.270 e. The SMILES string of the molecule is Cc1ccccc1CNC(=O)[C@@H]1CCCN(S(=O)(=O)c2c[nH]c(C(=O)N3CCCC3)c2)C1. The Kier molecular flexibility index (Phi) is 6.66. The summed E-state index contributed by atoms with van der Waals surface area (Å²) in [6, 6.07) is 9.27. The number of carbonyl (C=O) groups excluding carboxylic acids is 2. The molecule has 1 aromatic carbocycles. The molecule has 0 bridgehead atoms. The fourth-order valence-electron chi connectivity index (χ4n) is 4.40. The Morgan fingerprint density at radius 2 is 1.88 bits per heavy atom. The van der Waals surface area contributed by atoms with E-state index in [1.54, 1.807) is 4.90 Å². The quantitative estimate of drug-likeness (QED) is 0.693. The maximum atomic E-state index is 13.2. The smallest absolute Gasteiger partial charge is 0.270 e. The number of H-pyrrole nitrogens is 1. The predicted molar refractivity (Wildman–Crippen MR) is 120 cm³/mol. The van der Waals surface area contributed by atoms with Gasteiger partial charge in [0.2, 0.25) is 15.9 Å². The molecule has 2 aromatic rings. The molecule has 172 valence electrons. The lowest BCUT2D eigenvalue weighted by atomic mass is 9.98. The van der Waals surface area contributed by atoms with Crippen LogP contribution in [0, 0.1) is 12.8 Å². The van der Waals surface area contributed by atoms with Crippen molar-refractivity contribution in [2.24, 2.45) is 5.92 Å². The number of aryl methyl sites for hydroxylation is 1. The third-order valence-electron chi connectivity index (χ3n) is 6.39. The van der Waals surface area contributed by atoms with Gasteiger partial charge in [0, 0.05) is 38.9 Å². The van der Waals surface area contributed by atoms with Gasteiger partial charge >= 0.3 is 0 Å². The number of nitrogens with one attached hydrogen (secondary N) is 2. The Morgan fingerprint density at radius 3 is 2.62 bits per heavy atom. The third-order valence-corrected chi connectivity index (χ3v) is 8.23. The molecule has 0 saturated carbocycles. The number of benzene rings is 1. The summed E-state index contributed by atoms with van der Waals surface area (Å²) in [6.45, 7) is 4.33. The number of rotatable bonds is 6. The van der Waals surface area contributed by atoms with Crippen molar-refractivity contribution >= 4 is 21.8 Å². The van der Waals surface area contributed by atoms with Gasteiger partial charge in [0.25, 0.3) is 5.91 Å². The lowest BCUT2D eigenvalue weighted by Gasteiger charge is -2.31. The lowest BCUT2D eigenvalue weighted by Crippen LogP contribution is -2.45. The van der Waals surface area contributed by atoms with E-state index >= 15 is 0 Å². The Labute approximate surface area is 189 Å². The van der Waals surface area contributed by atoms with Crippen LogP contribution in [0.4, 0.5) is 0 Å². The Bertz CT molecular complexity index is 1090. The van der Waals surface area contributed by atoms with Crippen molar-refractivity contribution < 1.29 is 18.0 Å². The molecule has 1 atom stereocenters. The normalized spacial score (nSPS) is 19.8. The van der Waals surface area contributed by atoms with E-state index in [-0.39, 0.29) is 28.9 Å². The maximum absolute atomic E-state index is 13.2. The highest BCUT2D eigenvalue weighted by atomic mass is 32.2. The first-order chi connectivity index (χ1) is 15.4. The average Bonchev–Trinajstić information content (AvgIpc) is 3.51. The molecule has 2 saturated heterocycles. The van der Waals surface area contributed by atoms with Crippen molar-refractivity contribution in [1.82, 2.24) is 19.5 Å². The van der Waals surface area contributed by atoms with Gasteiger partial charge in [0.1, 0.15) is 10.6 Å². The van der Waals surface area contributed by atoms with E-state index in [1.807, 2.05) is 31.2 Å². The van der Waals surface area contributed by atoms with Crippen molar-refractivity contribution in [1.29, 1.82) is 0 Å². The molecular weight excluding hydrogens is 428 g/mol. The molecular formula is C23H30N4O4S. The van der Waals surface area contributed by atoms with Gasteiger partial charge in [-0.25, -0.2) is 8.42 Å². The molecule has 0 unspecified atom stereocenters. The molecule has 0 aliphatic carbocycles. The molecule has 2 aliphatic rings. The minimum absolute atomic E-state index is 0.0704. The predicted octanol–water partition coefficient (Wildman–Crippen LogP) is 2.28. The molecule has 0 spiro atoms. The van der Waals surface area contributed by atoms with Crippen LogP contribution < -0.4 is 5.32 Å². The van der Waals surface area contributed by atoms with Gasteiger partial charge in [-0.05, 0) is 49.8 Å². The van der Waals surface area contributed by atoms with Crippen LogP contribution in [0.15, 0.2) is 41.4 Å². The number of aromatic amines is 1. The van der Waals surface area contributed by atoms with Gasteiger partial charge < -0.3 is 15.2 Å². The zero-order valence-corrected chi connectivity index (χ0v) is 19.2. The molecule has 1 aromatic heterocycles. The van der Waals surface area contributed by atoms with Gasteiger partial charge in [-0.2, -0.15) is 4.31 Å². The van der Waals surface area contributed by atoms with Crippen LogP contribution in [-0.2, 0) is 21.4 Å². The highest BCUT2D eigenvalue weighted by Gasteiger charge is 2.34. The van der Waals surface area contributed by atoms with E-state index in [0.717, 1.165) is 24.0 Å². The monoisotopic (exact) mass is 458 g/mol. The van der Waals surface area contributed by atoms with Gasteiger partial charge in [-0.3, -0.25) is 9.59 Å². The zero-order valence-electron chi connectivity index (χ0n) is 18.3. The fourth-order valence-corrected chi connectivity index (χ4v) is 5.91. The third kappa shape index (κ3) is 4.73. The highest BCUT2D eigenvalue weighted by molar-refractivity contribution is 7.89. The second-order valence-electron chi connectivity index (χ2n) is 8.59. The first-order valence-electron chi connectivity index (χ1n) is 11.2. The summed E-state index contributed by atoms with van der Waals surface area (Å²) >= 11 is 0. The second-order valence-corrected chi connectivity index (χ2v) is 10.5. The molecule has 8 nitrogen and oxygen atoms in total. The van der Waals surface area contributed by atoms with Gasteiger partial charge in [0.15, 0.2) is 0 Å². The molecule has 0 radical (unpaired) electrons. The van der Waals surface area contributed by atoms with Gasteiger partial charge in [0.05, 0.1) is 5.92 Å². The van der Waals surface area contributed by atoms with Crippen molar-refractivity contribution in [2.45, 2.75) is 44.0 Å². The van der Waals surface area contributed by atoms with Gasteiger partial charge in [-0.1, -0.05) is 24.3 Å². The first kappa shape index (κ1) is 22.5. The number of sulfonamides is 1. The average molecular weight is 459 g/mol. The Hall–Kier alpha value is -2.65. The topological polar surface area (TPSA) is 103 Å². The van der Waals surface area contributed by atoms with E-state index in [4.69, 9.17) is 0 Å². The summed E-state index contributed by atoms with van der Waals surface area (Å²) in [4.78, 5) is 29.9. The van der Waals surface area contributed by atoms with Crippen molar-refractivity contribution in [3.8, 4) is 0 Å².